The smallest absolute Gasteiger partial charge is 0.164 e. The first-order chi connectivity index (χ1) is 7.77. The number of rotatable bonds is 3. The Morgan fingerprint density at radius 1 is 1.38 bits per heavy atom. The number of carbonyl (C=O) groups is 1. The zero-order chi connectivity index (χ0) is 11.4. The predicted molar refractivity (Wildman–Crippen MR) is 64.5 cm³/mol. The Morgan fingerprint density at radius 2 is 2.12 bits per heavy atom. The lowest BCUT2D eigenvalue weighted by Gasteiger charge is -2.20. The van der Waals surface area contributed by atoms with E-state index in [9.17, 15) is 4.79 Å². The third-order valence-corrected chi connectivity index (χ3v) is 3.54. The van der Waals surface area contributed by atoms with Gasteiger partial charge in [-0.1, -0.05) is 32.1 Å². The van der Waals surface area contributed by atoms with Gasteiger partial charge in [0.2, 0.25) is 0 Å². The molecule has 0 aliphatic heterocycles. The molecule has 0 bridgehead atoms. The highest BCUT2D eigenvalue weighted by molar-refractivity contribution is 5.97. The fraction of sp³-hybridized carbons (Fsp3) is 0.571. The van der Waals surface area contributed by atoms with Crippen molar-refractivity contribution in [1.82, 2.24) is 4.98 Å². The lowest BCUT2D eigenvalue weighted by molar-refractivity contribution is 0.0949. The predicted octanol–water partition coefficient (Wildman–Crippen LogP) is 3.54. The summed E-state index contributed by atoms with van der Waals surface area (Å²) in [6, 6.07) is 1.91. The average molecular weight is 217 g/mol. The minimum absolute atomic E-state index is 0.275. The Hall–Kier alpha value is -1.18. The summed E-state index contributed by atoms with van der Waals surface area (Å²) in [7, 11) is 0. The van der Waals surface area contributed by atoms with Crippen LogP contribution in [0.1, 0.15) is 54.4 Å². The van der Waals surface area contributed by atoms with Crippen molar-refractivity contribution in [2.24, 2.45) is 5.92 Å². The molecule has 0 saturated heterocycles. The molecule has 0 amide bonds. The van der Waals surface area contributed by atoms with Crippen LogP contribution in [0.5, 0.6) is 0 Å². The second kappa shape index (κ2) is 5.24. The van der Waals surface area contributed by atoms with E-state index in [2.05, 4.69) is 4.98 Å². The summed E-state index contributed by atoms with van der Waals surface area (Å²) < 4.78 is 0. The third-order valence-electron chi connectivity index (χ3n) is 3.54. The molecule has 1 aliphatic carbocycles. The molecule has 1 heterocycles. The highest BCUT2D eigenvalue weighted by atomic mass is 16.1. The van der Waals surface area contributed by atoms with E-state index in [0.29, 0.717) is 12.3 Å². The number of hydrogen-bond acceptors (Lipinski definition) is 2. The molecule has 0 unspecified atom stereocenters. The first-order valence-electron chi connectivity index (χ1n) is 6.21. The molecule has 86 valence electrons. The molecule has 0 aromatic carbocycles. The van der Waals surface area contributed by atoms with Crippen LogP contribution in [0, 0.1) is 12.8 Å². The second-order valence-electron chi connectivity index (χ2n) is 4.82. The highest BCUT2D eigenvalue weighted by Gasteiger charge is 2.18. The lowest BCUT2D eigenvalue weighted by atomic mass is 9.84. The zero-order valence-corrected chi connectivity index (χ0v) is 9.91. The van der Waals surface area contributed by atoms with Crippen LogP contribution in [-0.2, 0) is 0 Å². The summed E-state index contributed by atoms with van der Waals surface area (Å²) in [5, 5.41) is 0. The van der Waals surface area contributed by atoms with Gasteiger partial charge >= 0.3 is 0 Å². The summed E-state index contributed by atoms with van der Waals surface area (Å²) >= 11 is 0. The maximum Gasteiger partial charge on any atom is 0.164 e. The minimum atomic E-state index is 0.275. The van der Waals surface area contributed by atoms with E-state index in [4.69, 9.17) is 0 Å². The van der Waals surface area contributed by atoms with Crippen LogP contribution in [0.15, 0.2) is 18.5 Å². The Labute approximate surface area is 97.1 Å². The Bertz CT molecular complexity index is 367. The van der Waals surface area contributed by atoms with Crippen LogP contribution in [0.3, 0.4) is 0 Å². The van der Waals surface area contributed by atoms with Crippen LogP contribution in [0.25, 0.3) is 0 Å². The summed E-state index contributed by atoms with van der Waals surface area (Å²) in [6.45, 7) is 1.98. The van der Waals surface area contributed by atoms with E-state index in [0.717, 1.165) is 11.1 Å². The zero-order valence-electron chi connectivity index (χ0n) is 9.91. The highest BCUT2D eigenvalue weighted by Crippen LogP contribution is 2.27. The molecule has 16 heavy (non-hydrogen) atoms. The van der Waals surface area contributed by atoms with Crippen molar-refractivity contribution in [1.29, 1.82) is 0 Å². The fourth-order valence-electron chi connectivity index (χ4n) is 2.52. The van der Waals surface area contributed by atoms with Crippen LogP contribution in [-0.4, -0.2) is 10.8 Å². The molecule has 0 radical (unpaired) electrons. The van der Waals surface area contributed by atoms with Gasteiger partial charge in [-0.2, -0.15) is 0 Å². The number of aryl methyl sites for hydroxylation is 1. The van der Waals surface area contributed by atoms with E-state index in [1.54, 1.807) is 12.4 Å². The quantitative estimate of drug-likeness (QED) is 0.725. The molecule has 0 N–H and O–H groups in total. The monoisotopic (exact) mass is 217 g/mol. The molecule has 0 atom stereocenters. The number of hydrogen-bond donors (Lipinski definition) is 0. The van der Waals surface area contributed by atoms with E-state index in [-0.39, 0.29) is 5.78 Å². The van der Waals surface area contributed by atoms with Crippen molar-refractivity contribution >= 4 is 5.78 Å². The van der Waals surface area contributed by atoms with Gasteiger partial charge in [0, 0.05) is 24.4 Å². The van der Waals surface area contributed by atoms with Crippen molar-refractivity contribution in [3.8, 4) is 0 Å². The van der Waals surface area contributed by atoms with Crippen molar-refractivity contribution in [3.05, 3.63) is 29.6 Å². The van der Waals surface area contributed by atoms with Crippen LogP contribution < -0.4 is 0 Å². The molecule has 1 aliphatic rings. The number of carbonyl (C=O) groups excluding carboxylic acids is 1. The molecule has 1 aromatic rings. The van der Waals surface area contributed by atoms with Gasteiger partial charge < -0.3 is 0 Å². The number of ketones is 1. The van der Waals surface area contributed by atoms with Crippen LogP contribution in [0.4, 0.5) is 0 Å². The van der Waals surface area contributed by atoms with Gasteiger partial charge in [0.25, 0.3) is 0 Å². The molecule has 1 saturated carbocycles. The molecular weight excluding hydrogens is 198 g/mol. The van der Waals surface area contributed by atoms with Gasteiger partial charge in [0.1, 0.15) is 0 Å². The first-order valence-corrected chi connectivity index (χ1v) is 6.21. The van der Waals surface area contributed by atoms with Gasteiger partial charge in [0.15, 0.2) is 5.78 Å². The second-order valence-corrected chi connectivity index (χ2v) is 4.82. The van der Waals surface area contributed by atoms with Crippen LogP contribution in [0.2, 0.25) is 0 Å². The van der Waals surface area contributed by atoms with Crippen molar-refractivity contribution < 1.29 is 4.79 Å². The van der Waals surface area contributed by atoms with E-state index < -0.39 is 0 Å². The molecule has 1 fully saturated rings. The van der Waals surface area contributed by atoms with Gasteiger partial charge in [0.05, 0.1) is 0 Å². The number of aromatic nitrogens is 1. The molecule has 1 aromatic heterocycles. The van der Waals surface area contributed by atoms with Crippen molar-refractivity contribution in [2.75, 3.05) is 0 Å². The van der Waals surface area contributed by atoms with Crippen molar-refractivity contribution in [2.45, 2.75) is 45.4 Å². The molecule has 2 nitrogen and oxygen atoms in total. The van der Waals surface area contributed by atoms with Gasteiger partial charge in [-0.3, -0.25) is 9.78 Å². The topological polar surface area (TPSA) is 30.0 Å². The fourth-order valence-corrected chi connectivity index (χ4v) is 2.52. The van der Waals surface area contributed by atoms with Crippen LogP contribution >= 0.6 is 0 Å². The van der Waals surface area contributed by atoms with E-state index in [1.807, 2.05) is 13.0 Å². The summed E-state index contributed by atoms with van der Waals surface area (Å²) in [4.78, 5) is 16.1. The molecular formula is C14H19NO. The average Bonchev–Trinajstić information content (AvgIpc) is 2.31. The minimum Gasteiger partial charge on any atom is -0.294 e. The summed E-state index contributed by atoms with van der Waals surface area (Å²) in [5.74, 6) is 0.887. The largest absolute Gasteiger partial charge is 0.294 e. The van der Waals surface area contributed by atoms with Crippen molar-refractivity contribution in [3.63, 3.8) is 0 Å². The maximum absolute atomic E-state index is 12.1. The van der Waals surface area contributed by atoms with Gasteiger partial charge in [-0.05, 0) is 24.5 Å². The molecule has 2 rings (SSSR count). The normalized spacial score (nSPS) is 17.3. The number of pyridine rings is 1. The number of nitrogens with zero attached hydrogens (tertiary/aromatic N) is 1. The SMILES string of the molecule is Cc1ccncc1C(=O)CC1CCCCC1. The Morgan fingerprint density at radius 3 is 2.81 bits per heavy atom. The standard InChI is InChI=1S/C14H19NO/c1-11-7-8-15-10-13(11)14(16)9-12-5-3-2-4-6-12/h7-8,10,12H,2-6,9H2,1H3. The lowest BCUT2D eigenvalue weighted by Crippen LogP contribution is -2.13. The van der Waals surface area contributed by atoms with Gasteiger partial charge in [-0.25, -0.2) is 0 Å². The summed E-state index contributed by atoms with van der Waals surface area (Å²) in [6.07, 6.45) is 10.6. The van der Waals surface area contributed by atoms with Gasteiger partial charge in [-0.15, -0.1) is 0 Å². The summed E-state index contributed by atoms with van der Waals surface area (Å²) in [5.41, 5.74) is 1.86. The molecule has 2 heteroatoms. The third kappa shape index (κ3) is 2.69. The number of Topliss-reactive ketones (excluding diaryl/α,β-unsaturated/α-hetero) is 1. The molecule has 0 spiro atoms. The Balaban J connectivity index is 2.00. The first kappa shape index (κ1) is 11.3. The Kier molecular flexibility index (Phi) is 3.70. The van der Waals surface area contributed by atoms with E-state index in [1.165, 1.54) is 32.1 Å². The maximum atomic E-state index is 12.1. The van der Waals surface area contributed by atoms with E-state index >= 15 is 0 Å².